The summed E-state index contributed by atoms with van der Waals surface area (Å²) >= 11 is 0. The largest absolute Gasteiger partial charge is 0.399 e. The van der Waals surface area contributed by atoms with Gasteiger partial charge >= 0.3 is 0 Å². The summed E-state index contributed by atoms with van der Waals surface area (Å²) in [6.45, 7) is 5.29. The maximum absolute atomic E-state index is 12.5. The highest BCUT2D eigenvalue weighted by Crippen LogP contribution is 2.19. The fourth-order valence-corrected chi connectivity index (χ4v) is 3.64. The summed E-state index contributed by atoms with van der Waals surface area (Å²) < 4.78 is 26.4. The molecule has 1 aromatic rings. The molecule has 5 nitrogen and oxygen atoms in total. The van der Waals surface area contributed by atoms with E-state index in [0.717, 1.165) is 25.2 Å². The number of nitrogen functional groups attached to an aromatic ring is 1. The lowest BCUT2D eigenvalue weighted by Gasteiger charge is -2.21. The molecule has 112 valence electrons. The zero-order chi connectivity index (χ0) is 14.8. The van der Waals surface area contributed by atoms with Crippen LogP contribution in [0.3, 0.4) is 0 Å². The van der Waals surface area contributed by atoms with Gasteiger partial charge < -0.3 is 10.6 Å². The maximum Gasteiger partial charge on any atom is 0.242 e. The summed E-state index contributed by atoms with van der Waals surface area (Å²) in [6, 6.07) is 4.86. The third-order valence-corrected chi connectivity index (χ3v) is 5.73. The van der Waals surface area contributed by atoms with E-state index in [-0.39, 0.29) is 0 Å². The van der Waals surface area contributed by atoms with Crippen molar-refractivity contribution in [1.29, 1.82) is 0 Å². The number of nitrogens with zero attached hydrogens (tertiary/aromatic N) is 2. The topological polar surface area (TPSA) is 66.6 Å². The monoisotopic (exact) mass is 297 g/mol. The van der Waals surface area contributed by atoms with Gasteiger partial charge in [-0.3, -0.25) is 0 Å². The van der Waals surface area contributed by atoms with Gasteiger partial charge in [0.15, 0.2) is 0 Å². The quantitative estimate of drug-likeness (QED) is 0.832. The van der Waals surface area contributed by atoms with Gasteiger partial charge in [0.05, 0.1) is 4.90 Å². The van der Waals surface area contributed by atoms with Gasteiger partial charge in [-0.25, -0.2) is 8.42 Å². The van der Waals surface area contributed by atoms with Crippen molar-refractivity contribution in [2.45, 2.75) is 24.7 Å². The van der Waals surface area contributed by atoms with E-state index < -0.39 is 10.0 Å². The van der Waals surface area contributed by atoms with Crippen LogP contribution in [0.25, 0.3) is 0 Å². The SMILES string of the molecule is Cc1cc(S(=O)(=O)N(C)CCN2CCCC2)ccc1N. The first-order valence-electron chi connectivity index (χ1n) is 6.96. The molecule has 0 aliphatic carbocycles. The Morgan fingerprint density at radius 3 is 2.55 bits per heavy atom. The van der Waals surface area contributed by atoms with Gasteiger partial charge in [0.2, 0.25) is 10.0 Å². The number of hydrogen-bond donors (Lipinski definition) is 1. The van der Waals surface area contributed by atoms with Crippen molar-refractivity contribution in [2.24, 2.45) is 0 Å². The van der Waals surface area contributed by atoms with Gasteiger partial charge in [0.25, 0.3) is 0 Å². The Labute approximate surface area is 121 Å². The fraction of sp³-hybridized carbons (Fsp3) is 0.571. The van der Waals surface area contributed by atoms with E-state index in [9.17, 15) is 8.42 Å². The Balaban J connectivity index is 2.06. The number of nitrogens with two attached hydrogens (primary N) is 1. The van der Waals surface area contributed by atoms with E-state index in [1.807, 2.05) is 6.92 Å². The molecule has 2 rings (SSSR count). The molecule has 0 amide bonds. The number of likely N-dealkylation sites (tertiary alicyclic amines) is 1. The van der Waals surface area contributed by atoms with Crippen molar-refractivity contribution < 1.29 is 8.42 Å². The van der Waals surface area contributed by atoms with Crippen molar-refractivity contribution >= 4 is 15.7 Å². The molecule has 0 saturated carbocycles. The first kappa shape index (κ1) is 15.3. The zero-order valence-corrected chi connectivity index (χ0v) is 13.0. The molecular formula is C14H23N3O2S. The van der Waals surface area contributed by atoms with Crippen LogP contribution in [-0.4, -0.2) is 50.8 Å². The summed E-state index contributed by atoms with van der Waals surface area (Å²) in [7, 11) is -1.78. The predicted octanol–water partition coefficient (Wildman–Crippen LogP) is 1.29. The third kappa shape index (κ3) is 3.31. The van der Waals surface area contributed by atoms with Gasteiger partial charge in [0, 0.05) is 25.8 Å². The minimum Gasteiger partial charge on any atom is -0.399 e. The van der Waals surface area contributed by atoms with Crippen LogP contribution >= 0.6 is 0 Å². The molecule has 0 aromatic heterocycles. The second-order valence-corrected chi connectivity index (χ2v) is 7.44. The highest BCUT2D eigenvalue weighted by molar-refractivity contribution is 7.89. The summed E-state index contributed by atoms with van der Waals surface area (Å²) in [6.07, 6.45) is 2.43. The van der Waals surface area contributed by atoms with Gasteiger partial charge in [-0.2, -0.15) is 4.31 Å². The number of sulfonamides is 1. The highest BCUT2D eigenvalue weighted by atomic mass is 32.2. The summed E-state index contributed by atoms with van der Waals surface area (Å²) in [4.78, 5) is 2.62. The lowest BCUT2D eigenvalue weighted by Crippen LogP contribution is -2.35. The van der Waals surface area contributed by atoms with Crippen LogP contribution in [0.2, 0.25) is 0 Å². The first-order valence-corrected chi connectivity index (χ1v) is 8.40. The average Bonchev–Trinajstić information content (AvgIpc) is 2.92. The van der Waals surface area contributed by atoms with E-state index in [4.69, 9.17) is 5.73 Å². The number of hydrogen-bond acceptors (Lipinski definition) is 4. The van der Waals surface area contributed by atoms with E-state index >= 15 is 0 Å². The van der Waals surface area contributed by atoms with Gasteiger partial charge in [-0.05, 0) is 56.6 Å². The first-order chi connectivity index (χ1) is 9.41. The molecule has 1 aliphatic heterocycles. The van der Waals surface area contributed by atoms with Crippen molar-refractivity contribution in [3.8, 4) is 0 Å². The summed E-state index contributed by atoms with van der Waals surface area (Å²) in [5.74, 6) is 0. The van der Waals surface area contributed by atoms with E-state index in [1.54, 1.807) is 25.2 Å². The molecule has 1 fully saturated rings. The lowest BCUT2D eigenvalue weighted by atomic mass is 10.2. The second kappa shape index (κ2) is 6.11. The number of aryl methyl sites for hydroxylation is 1. The zero-order valence-electron chi connectivity index (χ0n) is 12.2. The molecule has 6 heteroatoms. The van der Waals surface area contributed by atoms with Crippen LogP contribution in [-0.2, 0) is 10.0 Å². The molecule has 20 heavy (non-hydrogen) atoms. The van der Waals surface area contributed by atoms with Crippen molar-refractivity contribution in [1.82, 2.24) is 9.21 Å². The standard InChI is InChI=1S/C14H23N3O2S/c1-12-11-13(5-6-14(12)15)20(18,19)16(2)9-10-17-7-3-4-8-17/h5-6,11H,3-4,7-10,15H2,1-2H3. The number of anilines is 1. The molecule has 1 saturated heterocycles. The minimum absolute atomic E-state index is 0.313. The van der Waals surface area contributed by atoms with Crippen molar-refractivity contribution in [2.75, 3.05) is 39.0 Å². The Morgan fingerprint density at radius 2 is 1.95 bits per heavy atom. The van der Waals surface area contributed by atoms with E-state index in [1.165, 1.54) is 17.1 Å². The Bertz CT molecular complexity index is 566. The van der Waals surface area contributed by atoms with Crippen molar-refractivity contribution in [3.63, 3.8) is 0 Å². The molecule has 0 atom stereocenters. The van der Waals surface area contributed by atoms with Gasteiger partial charge in [-0.15, -0.1) is 0 Å². The summed E-state index contributed by atoms with van der Waals surface area (Å²) in [5.41, 5.74) is 7.14. The van der Waals surface area contributed by atoms with Crippen LogP contribution in [0.4, 0.5) is 5.69 Å². The number of benzene rings is 1. The summed E-state index contributed by atoms with van der Waals surface area (Å²) in [5, 5.41) is 0. The Morgan fingerprint density at radius 1 is 1.30 bits per heavy atom. The molecule has 0 bridgehead atoms. The average molecular weight is 297 g/mol. The van der Waals surface area contributed by atoms with Crippen LogP contribution in [0.1, 0.15) is 18.4 Å². The lowest BCUT2D eigenvalue weighted by molar-refractivity contribution is 0.310. The molecule has 1 aliphatic rings. The second-order valence-electron chi connectivity index (χ2n) is 5.39. The molecule has 0 spiro atoms. The molecule has 1 aromatic carbocycles. The molecular weight excluding hydrogens is 274 g/mol. The molecule has 2 N–H and O–H groups in total. The van der Waals surface area contributed by atoms with Crippen molar-refractivity contribution in [3.05, 3.63) is 23.8 Å². The van der Waals surface area contributed by atoms with Crippen LogP contribution in [0.15, 0.2) is 23.1 Å². The van der Waals surface area contributed by atoms with Crippen LogP contribution in [0.5, 0.6) is 0 Å². The molecule has 0 unspecified atom stereocenters. The van der Waals surface area contributed by atoms with Gasteiger partial charge in [-0.1, -0.05) is 0 Å². The smallest absolute Gasteiger partial charge is 0.242 e. The predicted molar refractivity (Wildman–Crippen MR) is 81.1 cm³/mol. The van der Waals surface area contributed by atoms with Gasteiger partial charge in [0.1, 0.15) is 0 Å². The Kier molecular flexibility index (Phi) is 4.67. The van der Waals surface area contributed by atoms with Crippen LogP contribution < -0.4 is 5.73 Å². The third-order valence-electron chi connectivity index (χ3n) is 3.88. The maximum atomic E-state index is 12.5. The number of likely N-dealkylation sites (N-methyl/N-ethyl adjacent to an activating group) is 1. The number of rotatable bonds is 5. The minimum atomic E-state index is -3.42. The normalized spacial score (nSPS) is 16.9. The highest BCUT2D eigenvalue weighted by Gasteiger charge is 2.22. The van der Waals surface area contributed by atoms with E-state index in [2.05, 4.69) is 4.90 Å². The van der Waals surface area contributed by atoms with E-state index in [0.29, 0.717) is 17.1 Å². The van der Waals surface area contributed by atoms with Crippen LogP contribution in [0, 0.1) is 6.92 Å². The fourth-order valence-electron chi connectivity index (χ4n) is 2.40. The molecule has 0 radical (unpaired) electrons. The Hall–Kier alpha value is -1.11. The molecule has 1 heterocycles.